The quantitative estimate of drug-likeness (QED) is 0.595. The highest BCUT2D eigenvalue weighted by atomic mass is 32.2. The van der Waals surface area contributed by atoms with Crippen LogP contribution in [0.3, 0.4) is 0 Å². The monoisotopic (exact) mass is 276 g/mol. The van der Waals surface area contributed by atoms with Gasteiger partial charge in [0.05, 0.1) is 12.3 Å². The fourth-order valence-electron chi connectivity index (χ4n) is 1.99. The van der Waals surface area contributed by atoms with Crippen LogP contribution in [-0.4, -0.2) is 28.5 Å². The fourth-order valence-corrected chi connectivity index (χ4v) is 2.81. The molecule has 0 saturated carbocycles. The molecule has 0 radical (unpaired) electrons. The highest BCUT2D eigenvalue weighted by Crippen LogP contribution is 2.23. The Kier molecular flexibility index (Phi) is 5.05. The first-order chi connectivity index (χ1) is 9.22. The lowest BCUT2D eigenvalue weighted by Gasteiger charge is -2.11. The zero-order valence-electron chi connectivity index (χ0n) is 11.7. The van der Waals surface area contributed by atoms with Gasteiger partial charge in [-0.2, -0.15) is 0 Å². The largest absolute Gasteiger partial charge is 0.381 e. The molecule has 0 aliphatic carbocycles. The first-order valence-electron chi connectivity index (χ1n) is 6.54. The zero-order chi connectivity index (χ0) is 13.7. The SMILES string of the molecule is CCOCCSc1nccn1-c1ccc(C)cc1C. The first kappa shape index (κ1) is 14.2. The van der Waals surface area contributed by atoms with Crippen molar-refractivity contribution in [2.45, 2.75) is 25.9 Å². The second-order valence-corrected chi connectivity index (χ2v) is 5.48. The standard InChI is InChI=1S/C15H20N2OS/c1-4-18-9-10-19-15-16-7-8-17(15)14-6-5-12(2)11-13(14)3/h5-8,11H,4,9-10H2,1-3H3. The van der Waals surface area contributed by atoms with Gasteiger partial charge in [0, 0.05) is 24.8 Å². The van der Waals surface area contributed by atoms with Crippen molar-refractivity contribution in [1.29, 1.82) is 0 Å². The van der Waals surface area contributed by atoms with E-state index >= 15 is 0 Å². The molecule has 0 aliphatic heterocycles. The number of thioether (sulfide) groups is 1. The van der Waals surface area contributed by atoms with E-state index in [1.165, 1.54) is 16.8 Å². The van der Waals surface area contributed by atoms with E-state index in [4.69, 9.17) is 4.74 Å². The predicted octanol–water partition coefficient (Wildman–Crippen LogP) is 3.62. The van der Waals surface area contributed by atoms with Gasteiger partial charge in [0.15, 0.2) is 5.16 Å². The molecule has 0 atom stereocenters. The number of hydrogen-bond acceptors (Lipinski definition) is 3. The molecule has 1 heterocycles. The third-order valence-corrected chi connectivity index (χ3v) is 3.81. The summed E-state index contributed by atoms with van der Waals surface area (Å²) in [5.74, 6) is 0.926. The van der Waals surface area contributed by atoms with Gasteiger partial charge in [0.1, 0.15) is 0 Å². The molecule has 0 amide bonds. The average Bonchev–Trinajstić information content (AvgIpc) is 2.83. The van der Waals surface area contributed by atoms with Crippen molar-refractivity contribution < 1.29 is 4.74 Å². The van der Waals surface area contributed by atoms with Crippen LogP contribution in [-0.2, 0) is 4.74 Å². The summed E-state index contributed by atoms with van der Waals surface area (Å²) < 4.78 is 7.50. The van der Waals surface area contributed by atoms with Crippen LogP contribution in [0.4, 0.5) is 0 Å². The van der Waals surface area contributed by atoms with Gasteiger partial charge in [-0.1, -0.05) is 29.5 Å². The molecule has 1 aromatic carbocycles. The molecule has 2 aromatic rings. The summed E-state index contributed by atoms with van der Waals surface area (Å²) in [6.07, 6.45) is 3.86. The van der Waals surface area contributed by atoms with Gasteiger partial charge in [-0.05, 0) is 32.4 Å². The molecule has 2 rings (SSSR count). The Labute approximate surface area is 119 Å². The molecular formula is C15H20N2OS. The molecule has 0 N–H and O–H groups in total. The Bertz CT molecular complexity index is 537. The van der Waals surface area contributed by atoms with Gasteiger partial charge < -0.3 is 4.74 Å². The van der Waals surface area contributed by atoms with E-state index < -0.39 is 0 Å². The molecule has 0 bridgehead atoms. The van der Waals surface area contributed by atoms with Crippen molar-refractivity contribution in [3.8, 4) is 5.69 Å². The Balaban J connectivity index is 2.14. The van der Waals surface area contributed by atoms with Crippen molar-refractivity contribution in [3.05, 3.63) is 41.7 Å². The lowest BCUT2D eigenvalue weighted by Crippen LogP contribution is -2.01. The predicted molar refractivity (Wildman–Crippen MR) is 80.3 cm³/mol. The van der Waals surface area contributed by atoms with Gasteiger partial charge in [0.2, 0.25) is 0 Å². The van der Waals surface area contributed by atoms with Crippen molar-refractivity contribution in [1.82, 2.24) is 9.55 Å². The minimum Gasteiger partial charge on any atom is -0.381 e. The second-order valence-electron chi connectivity index (χ2n) is 4.42. The highest BCUT2D eigenvalue weighted by molar-refractivity contribution is 7.99. The number of imidazole rings is 1. The molecule has 4 heteroatoms. The van der Waals surface area contributed by atoms with Crippen LogP contribution in [0.25, 0.3) is 5.69 Å². The van der Waals surface area contributed by atoms with Crippen LogP contribution >= 0.6 is 11.8 Å². The third kappa shape index (κ3) is 3.61. The highest BCUT2D eigenvalue weighted by Gasteiger charge is 2.07. The van der Waals surface area contributed by atoms with Crippen molar-refractivity contribution >= 4 is 11.8 Å². The van der Waals surface area contributed by atoms with Crippen LogP contribution in [0.2, 0.25) is 0 Å². The van der Waals surface area contributed by atoms with Gasteiger partial charge in [-0.15, -0.1) is 0 Å². The van der Waals surface area contributed by atoms with Crippen LogP contribution in [0.1, 0.15) is 18.1 Å². The van der Waals surface area contributed by atoms with E-state index in [2.05, 4.69) is 41.6 Å². The molecule has 0 unspecified atom stereocenters. The Morgan fingerprint density at radius 1 is 1.32 bits per heavy atom. The van der Waals surface area contributed by atoms with Gasteiger partial charge in [-0.25, -0.2) is 4.98 Å². The average molecular weight is 276 g/mol. The summed E-state index contributed by atoms with van der Waals surface area (Å²) in [5, 5.41) is 1.02. The van der Waals surface area contributed by atoms with Crippen LogP contribution < -0.4 is 0 Å². The van der Waals surface area contributed by atoms with E-state index in [-0.39, 0.29) is 0 Å². The van der Waals surface area contributed by atoms with E-state index in [1.807, 2.05) is 19.3 Å². The van der Waals surface area contributed by atoms with E-state index in [9.17, 15) is 0 Å². The van der Waals surface area contributed by atoms with Gasteiger partial charge in [-0.3, -0.25) is 4.57 Å². The Hall–Kier alpha value is -1.26. The third-order valence-electron chi connectivity index (χ3n) is 2.88. The number of rotatable bonds is 6. The summed E-state index contributed by atoms with van der Waals surface area (Å²) in [6, 6.07) is 6.49. The Morgan fingerprint density at radius 2 is 2.16 bits per heavy atom. The molecular weight excluding hydrogens is 256 g/mol. The Morgan fingerprint density at radius 3 is 2.89 bits per heavy atom. The normalized spacial score (nSPS) is 10.9. The van der Waals surface area contributed by atoms with E-state index in [0.29, 0.717) is 0 Å². The minimum atomic E-state index is 0.765. The number of aromatic nitrogens is 2. The van der Waals surface area contributed by atoms with E-state index in [0.717, 1.165) is 24.1 Å². The van der Waals surface area contributed by atoms with Crippen molar-refractivity contribution in [2.75, 3.05) is 19.0 Å². The molecule has 1 aromatic heterocycles. The zero-order valence-corrected chi connectivity index (χ0v) is 12.5. The summed E-state index contributed by atoms with van der Waals surface area (Å²) in [5.41, 5.74) is 3.75. The molecule has 102 valence electrons. The lowest BCUT2D eigenvalue weighted by atomic mass is 10.1. The maximum atomic E-state index is 5.36. The van der Waals surface area contributed by atoms with Crippen LogP contribution in [0.5, 0.6) is 0 Å². The van der Waals surface area contributed by atoms with Gasteiger partial charge >= 0.3 is 0 Å². The maximum absolute atomic E-state index is 5.36. The van der Waals surface area contributed by atoms with Gasteiger partial charge in [0.25, 0.3) is 0 Å². The van der Waals surface area contributed by atoms with Crippen molar-refractivity contribution in [2.24, 2.45) is 0 Å². The molecule has 0 spiro atoms. The summed E-state index contributed by atoms with van der Waals surface area (Å²) in [4.78, 5) is 4.42. The summed E-state index contributed by atoms with van der Waals surface area (Å²) in [6.45, 7) is 7.80. The fraction of sp³-hybridized carbons (Fsp3) is 0.400. The first-order valence-corrected chi connectivity index (χ1v) is 7.52. The van der Waals surface area contributed by atoms with Crippen LogP contribution in [0.15, 0.2) is 35.7 Å². The molecule has 0 aliphatic rings. The molecule has 19 heavy (non-hydrogen) atoms. The summed E-state index contributed by atoms with van der Waals surface area (Å²) >= 11 is 1.73. The number of benzene rings is 1. The molecule has 0 fully saturated rings. The summed E-state index contributed by atoms with van der Waals surface area (Å²) in [7, 11) is 0. The number of hydrogen-bond donors (Lipinski definition) is 0. The minimum absolute atomic E-state index is 0.765. The molecule has 0 saturated heterocycles. The maximum Gasteiger partial charge on any atom is 0.172 e. The second kappa shape index (κ2) is 6.78. The van der Waals surface area contributed by atoms with E-state index in [1.54, 1.807) is 11.8 Å². The lowest BCUT2D eigenvalue weighted by molar-refractivity contribution is 0.164. The molecule has 3 nitrogen and oxygen atoms in total. The smallest absolute Gasteiger partial charge is 0.172 e. The topological polar surface area (TPSA) is 27.1 Å². The number of nitrogens with zero attached hydrogens (tertiary/aromatic N) is 2. The number of aryl methyl sites for hydroxylation is 2. The van der Waals surface area contributed by atoms with Crippen LogP contribution in [0, 0.1) is 13.8 Å². The number of ether oxygens (including phenoxy) is 1. The van der Waals surface area contributed by atoms with Crippen molar-refractivity contribution in [3.63, 3.8) is 0 Å².